The maximum absolute atomic E-state index is 12.2. The number of nitrogens with one attached hydrogen (secondary N) is 1. The summed E-state index contributed by atoms with van der Waals surface area (Å²) >= 11 is 0. The van der Waals surface area contributed by atoms with E-state index in [9.17, 15) is 14.4 Å². The van der Waals surface area contributed by atoms with E-state index in [0.717, 1.165) is 5.56 Å². The molecule has 0 aromatic carbocycles. The van der Waals surface area contributed by atoms with E-state index >= 15 is 0 Å². The normalized spacial score (nSPS) is 15.8. The molecule has 21 heavy (non-hydrogen) atoms. The lowest BCUT2D eigenvalue weighted by molar-refractivity contribution is -0.136. The first-order valence-corrected chi connectivity index (χ1v) is 6.82. The lowest BCUT2D eigenvalue weighted by Crippen LogP contribution is -2.46. The first kappa shape index (κ1) is 15.2. The number of likely N-dealkylation sites (tertiary alicyclic amines) is 1. The number of rotatable bonds is 3. The van der Waals surface area contributed by atoms with Gasteiger partial charge in [-0.15, -0.1) is 0 Å². The van der Waals surface area contributed by atoms with Crippen LogP contribution in [0.1, 0.15) is 18.4 Å². The number of hydrazine groups is 1. The minimum Gasteiger partial charge on any atom is -0.341 e. The van der Waals surface area contributed by atoms with Crippen LogP contribution in [0.3, 0.4) is 0 Å². The van der Waals surface area contributed by atoms with Crippen molar-refractivity contribution >= 4 is 11.8 Å². The fraction of sp³-hybridized carbons (Fsp3) is 0.538. The van der Waals surface area contributed by atoms with Gasteiger partial charge >= 0.3 is 5.69 Å². The third-order valence-corrected chi connectivity index (χ3v) is 3.65. The molecular weight excluding hydrogens is 274 g/mol. The van der Waals surface area contributed by atoms with Gasteiger partial charge in [0.15, 0.2) is 0 Å². The topological polar surface area (TPSA) is 110 Å². The van der Waals surface area contributed by atoms with Gasteiger partial charge in [-0.25, -0.2) is 15.6 Å². The molecule has 0 unspecified atom stereocenters. The molecule has 8 heteroatoms. The van der Waals surface area contributed by atoms with Gasteiger partial charge in [0, 0.05) is 31.4 Å². The maximum Gasteiger partial charge on any atom is 0.347 e. The SMILES string of the molecule is Cc1cnc(=O)n(CC(=O)N2CCC(C(=O)NN)CC2)c1. The Morgan fingerprint density at radius 2 is 2.10 bits per heavy atom. The third kappa shape index (κ3) is 3.66. The van der Waals surface area contributed by atoms with E-state index in [1.807, 2.05) is 6.92 Å². The minimum atomic E-state index is -0.439. The summed E-state index contributed by atoms with van der Waals surface area (Å²) in [5.74, 6) is 4.62. The Bertz CT molecular complexity index is 590. The van der Waals surface area contributed by atoms with Crippen LogP contribution < -0.4 is 17.0 Å². The Morgan fingerprint density at radius 1 is 1.43 bits per heavy atom. The van der Waals surface area contributed by atoms with Crippen LogP contribution in [0.25, 0.3) is 0 Å². The van der Waals surface area contributed by atoms with Crippen molar-refractivity contribution in [3.8, 4) is 0 Å². The molecule has 3 N–H and O–H groups in total. The lowest BCUT2D eigenvalue weighted by atomic mass is 9.96. The van der Waals surface area contributed by atoms with Crippen molar-refractivity contribution in [1.82, 2.24) is 19.9 Å². The predicted octanol–water partition coefficient (Wildman–Crippen LogP) is -1.22. The second-order valence-electron chi connectivity index (χ2n) is 5.21. The van der Waals surface area contributed by atoms with Gasteiger partial charge in [0.1, 0.15) is 6.54 Å². The third-order valence-electron chi connectivity index (χ3n) is 3.65. The molecule has 0 spiro atoms. The largest absolute Gasteiger partial charge is 0.347 e. The van der Waals surface area contributed by atoms with Gasteiger partial charge in [0.05, 0.1) is 0 Å². The number of carbonyl (C=O) groups excluding carboxylic acids is 2. The molecule has 0 radical (unpaired) electrons. The summed E-state index contributed by atoms with van der Waals surface area (Å²) in [5.41, 5.74) is 2.52. The van der Waals surface area contributed by atoms with Gasteiger partial charge in [0.25, 0.3) is 0 Å². The van der Waals surface area contributed by atoms with E-state index < -0.39 is 5.69 Å². The van der Waals surface area contributed by atoms with Crippen LogP contribution in [-0.4, -0.2) is 39.4 Å². The van der Waals surface area contributed by atoms with Gasteiger partial charge in [0.2, 0.25) is 11.8 Å². The standard InChI is InChI=1S/C13H19N5O3/c1-9-6-15-13(21)18(7-9)8-11(19)17-4-2-10(3-5-17)12(20)16-14/h6-7,10H,2-5,8,14H2,1H3,(H,16,20). The van der Waals surface area contributed by atoms with Gasteiger partial charge in [-0.05, 0) is 25.3 Å². The van der Waals surface area contributed by atoms with E-state index in [-0.39, 0.29) is 24.3 Å². The van der Waals surface area contributed by atoms with Gasteiger partial charge < -0.3 is 4.90 Å². The molecule has 0 bridgehead atoms. The molecule has 0 saturated carbocycles. The molecule has 1 saturated heterocycles. The molecule has 1 aromatic heterocycles. The number of nitrogens with two attached hydrogens (primary N) is 1. The predicted molar refractivity (Wildman–Crippen MR) is 74.9 cm³/mol. The molecule has 8 nitrogen and oxygen atoms in total. The van der Waals surface area contributed by atoms with Gasteiger partial charge in [-0.1, -0.05) is 0 Å². The summed E-state index contributed by atoms with van der Waals surface area (Å²) in [6, 6.07) is 0. The van der Waals surface area contributed by atoms with Crippen LogP contribution in [-0.2, 0) is 16.1 Å². The molecule has 1 aromatic rings. The summed E-state index contributed by atoms with van der Waals surface area (Å²) < 4.78 is 1.30. The fourth-order valence-corrected chi connectivity index (χ4v) is 2.43. The number of aromatic nitrogens is 2. The van der Waals surface area contributed by atoms with Crippen molar-refractivity contribution in [1.29, 1.82) is 0 Å². The number of amides is 2. The molecule has 0 aliphatic carbocycles. The summed E-state index contributed by atoms with van der Waals surface area (Å²) in [6.07, 6.45) is 4.24. The number of carbonyl (C=O) groups is 2. The average Bonchev–Trinajstić information content (AvgIpc) is 2.50. The molecule has 2 heterocycles. The van der Waals surface area contributed by atoms with Crippen molar-refractivity contribution in [3.63, 3.8) is 0 Å². The molecule has 114 valence electrons. The molecule has 0 atom stereocenters. The number of hydrogen-bond acceptors (Lipinski definition) is 5. The minimum absolute atomic E-state index is 0.0265. The van der Waals surface area contributed by atoms with Gasteiger partial charge in [-0.3, -0.25) is 19.6 Å². The second-order valence-corrected chi connectivity index (χ2v) is 5.21. The van der Waals surface area contributed by atoms with E-state index in [1.54, 1.807) is 11.1 Å². The number of hydrogen-bond donors (Lipinski definition) is 2. The zero-order valence-electron chi connectivity index (χ0n) is 11.9. The van der Waals surface area contributed by atoms with E-state index in [1.165, 1.54) is 10.8 Å². The number of aryl methyl sites for hydroxylation is 1. The molecule has 1 aliphatic rings. The molecule has 1 aliphatic heterocycles. The van der Waals surface area contributed by atoms with Crippen LogP contribution in [0.5, 0.6) is 0 Å². The first-order valence-electron chi connectivity index (χ1n) is 6.82. The molecule has 2 rings (SSSR count). The van der Waals surface area contributed by atoms with Crippen molar-refractivity contribution in [2.45, 2.75) is 26.3 Å². The monoisotopic (exact) mass is 293 g/mol. The van der Waals surface area contributed by atoms with E-state index in [0.29, 0.717) is 25.9 Å². The number of nitrogens with zero attached hydrogens (tertiary/aromatic N) is 3. The summed E-state index contributed by atoms with van der Waals surface area (Å²) in [6.45, 7) is 2.77. The van der Waals surface area contributed by atoms with Gasteiger partial charge in [-0.2, -0.15) is 0 Å². The van der Waals surface area contributed by atoms with Crippen molar-refractivity contribution in [2.24, 2.45) is 11.8 Å². The summed E-state index contributed by atoms with van der Waals surface area (Å²) in [7, 11) is 0. The second kappa shape index (κ2) is 6.49. The first-order chi connectivity index (χ1) is 10.0. The maximum atomic E-state index is 12.2. The Kier molecular flexibility index (Phi) is 4.69. The van der Waals surface area contributed by atoms with Crippen LogP contribution >= 0.6 is 0 Å². The van der Waals surface area contributed by atoms with Crippen molar-refractivity contribution in [2.75, 3.05) is 13.1 Å². The van der Waals surface area contributed by atoms with Crippen LogP contribution in [0.2, 0.25) is 0 Å². The zero-order chi connectivity index (χ0) is 15.4. The molecule has 1 fully saturated rings. The highest BCUT2D eigenvalue weighted by Crippen LogP contribution is 2.17. The molecule has 2 amide bonds. The van der Waals surface area contributed by atoms with Crippen LogP contribution in [0, 0.1) is 12.8 Å². The molecular formula is C13H19N5O3. The highest BCUT2D eigenvalue weighted by molar-refractivity contribution is 5.79. The summed E-state index contributed by atoms with van der Waals surface area (Å²) in [4.78, 5) is 40.6. The van der Waals surface area contributed by atoms with Crippen molar-refractivity contribution in [3.05, 3.63) is 28.4 Å². The highest BCUT2D eigenvalue weighted by atomic mass is 16.2. The summed E-state index contributed by atoms with van der Waals surface area (Å²) in [5, 5.41) is 0. The number of piperidine rings is 1. The Morgan fingerprint density at radius 3 is 2.71 bits per heavy atom. The lowest BCUT2D eigenvalue weighted by Gasteiger charge is -2.31. The Hall–Kier alpha value is -2.22. The van der Waals surface area contributed by atoms with Crippen LogP contribution in [0.4, 0.5) is 0 Å². The zero-order valence-corrected chi connectivity index (χ0v) is 11.9. The van der Waals surface area contributed by atoms with Crippen molar-refractivity contribution < 1.29 is 9.59 Å². The fourth-order valence-electron chi connectivity index (χ4n) is 2.43. The Labute approximate surface area is 121 Å². The average molecular weight is 293 g/mol. The van der Waals surface area contributed by atoms with Crippen LogP contribution in [0.15, 0.2) is 17.2 Å². The van der Waals surface area contributed by atoms with E-state index in [4.69, 9.17) is 5.84 Å². The Balaban J connectivity index is 1.95. The smallest absolute Gasteiger partial charge is 0.341 e. The highest BCUT2D eigenvalue weighted by Gasteiger charge is 2.26. The quantitative estimate of drug-likeness (QED) is 0.412. The van der Waals surface area contributed by atoms with E-state index in [2.05, 4.69) is 10.4 Å².